The highest BCUT2D eigenvalue weighted by molar-refractivity contribution is 6.05. The van der Waals surface area contributed by atoms with Gasteiger partial charge in [0.25, 0.3) is 5.91 Å². The average molecular weight is 421 g/mol. The maximum Gasteiger partial charge on any atom is 0.327 e. The van der Waals surface area contributed by atoms with Crippen LogP contribution in [0, 0.1) is 0 Å². The first-order chi connectivity index (χ1) is 14.9. The largest absolute Gasteiger partial charge is 0.480 e. The van der Waals surface area contributed by atoms with Gasteiger partial charge in [-0.05, 0) is 16.7 Å². The molecule has 0 radical (unpaired) electrons. The van der Waals surface area contributed by atoms with Gasteiger partial charge in [0.05, 0.1) is 0 Å². The van der Waals surface area contributed by atoms with Crippen LogP contribution in [0.15, 0.2) is 54.6 Å². The van der Waals surface area contributed by atoms with Gasteiger partial charge in [-0.2, -0.15) is 0 Å². The molecule has 0 aromatic heterocycles. The molecule has 8 nitrogen and oxygen atoms in total. The first kappa shape index (κ1) is 20.6. The monoisotopic (exact) mass is 421 g/mol. The van der Waals surface area contributed by atoms with Gasteiger partial charge in [-0.3, -0.25) is 14.5 Å². The van der Waals surface area contributed by atoms with Crippen LogP contribution in [0.5, 0.6) is 0 Å². The van der Waals surface area contributed by atoms with Gasteiger partial charge in [0.1, 0.15) is 12.1 Å². The van der Waals surface area contributed by atoms with E-state index in [1.54, 1.807) is 24.3 Å². The zero-order valence-electron chi connectivity index (χ0n) is 16.9. The van der Waals surface area contributed by atoms with E-state index in [4.69, 9.17) is 0 Å². The molecule has 0 spiro atoms. The summed E-state index contributed by atoms with van der Waals surface area (Å²) in [4.78, 5) is 52.1. The number of imide groups is 1. The molecule has 0 saturated carbocycles. The van der Waals surface area contributed by atoms with Gasteiger partial charge >= 0.3 is 12.0 Å². The molecule has 2 heterocycles. The maximum absolute atomic E-state index is 12.8. The van der Waals surface area contributed by atoms with E-state index in [2.05, 4.69) is 5.32 Å². The van der Waals surface area contributed by atoms with Crippen LogP contribution in [0.2, 0.25) is 0 Å². The van der Waals surface area contributed by atoms with Crippen molar-refractivity contribution in [1.82, 2.24) is 15.1 Å². The Morgan fingerprint density at radius 1 is 1.03 bits per heavy atom. The van der Waals surface area contributed by atoms with Crippen LogP contribution in [0.25, 0.3) is 0 Å². The molecule has 1 saturated heterocycles. The van der Waals surface area contributed by atoms with Crippen LogP contribution >= 0.6 is 0 Å². The van der Waals surface area contributed by atoms with Crippen molar-refractivity contribution in [1.29, 1.82) is 0 Å². The van der Waals surface area contributed by atoms with Crippen molar-refractivity contribution in [3.8, 4) is 0 Å². The van der Waals surface area contributed by atoms with E-state index in [9.17, 15) is 24.3 Å². The van der Waals surface area contributed by atoms with E-state index >= 15 is 0 Å². The van der Waals surface area contributed by atoms with E-state index in [1.165, 1.54) is 4.90 Å². The predicted octanol–water partition coefficient (Wildman–Crippen LogP) is 1.58. The number of amides is 4. The summed E-state index contributed by atoms with van der Waals surface area (Å²) in [5, 5.41) is 11.9. The lowest BCUT2D eigenvalue weighted by Gasteiger charge is -2.28. The van der Waals surface area contributed by atoms with Gasteiger partial charge in [-0.25, -0.2) is 9.59 Å². The Balaban J connectivity index is 1.35. The molecule has 160 valence electrons. The second kappa shape index (κ2) is 8.59. The fourth-order valence-electron chi connectivity index (χ4n) is 4.11. The Bertz CT molecular complexity index is 980. The quantitative estimate of drug-likeness (QED) is 0.660. The Kier molecular flexibility index (Phi) is 5.70. The number of aliphatic carboxylic acids is 1. The Labute approximate surface area is 179 Å². The second-order valence-electron chi connectivity index (χ2n) is 7.79. The number of rotatable bonds is 7. The number of benzene rings is 2. The fraction of sp³-hybridized carbons (Fsp3) is 0.304. The summed E-state index contributed by atoms with van der Waals surface area (Å²) in [6, 6.07) is 14.7. The van der Waals surface area contributed by atoms with Crippen molar-refractivity contribution in [2.75, 3.05) is 6.54 Å². The molecule has 2 aromatic rings. The highest BCUT2D eigenvalue weighted by atomic mass is 16.4. The third kappa shape index (κ3) is 4.28. The lowest BCUT2D eigenvalue weighted by molar-refractivity contribution is -0.142. The highest BCUT2D eigenvalue weighted by Gasteiger charge is 2.46. The first-order valence-corrected chi connectivity index (χ1v) is 10.2. The molecule has 31 heavy (non-hydrogen) atoms. The Morgan fingerprint density at radius 3 is 2.42 bits per heavy atom. The zero-order chi connectivity index (χ0) is 22.0. The number of nitrogens with one attached hydrogen (secondary N) is 1. The van der Waals surface area contributed by atoms with Gasteiger partial charge < -0.3 is 15.3 Å². The highest BCUT2D eigenvalue weighted by Crippen LogP contribution is 2.29. The van der Waals surface area contributed by atoms with E-state index < -0.39 is 30.0 Å². The molecule has 2 aliphatic heterocycles. The first-order valence-electron chi connectivity index (χ1n) is 10.2. The standard InChI is InChI=1S/C23H23N3O5/c27-20(24-18(22(29)30)12-15-6-2-1-3-7-15)10-11-25-21(28)19-13-16-8-4-5-9-17(16)14-26(19)23(25)31/h1-9,18-19H,10-14H2,(H,24,27)(H,29,30)/t18-,19+/m0/s1. The molecule has 1 fully saturated rings. The molecule has 4 amide bonds. The van der Waals surface area contributed by atoms with Crippen molar-refractivity contribution in [2.24, 2.45) is 0 Å². The van der Waals surface area contributed by atoms with Crippen LogP contribution in [0.4, 0.5) is 4.79 Å². The minimum Gasteiger partial charge on any atom is -0.480 e. The van der Waals surface area contributed by atoms with Crippen LogP contribution in [-0.2, 0) is 33.8 Å². The van der Waals surface area contributed by atoms with E-state index in [0.717, 1.165) is 21.6 Å². The molecule has 0 aliphatic carbocycles. The van der Waals surface area contributed by atoms with E-state index in [1.807, 2.05) is 30.3 Å². The number of carbonyl (C=O) groups is 4. The van der Waals surface area contributed by atoms with Gasteiger partial charge in [-0.1, -0.05) is 54.6 Å². The zero-order valence-corrected chi connectivity index (χ0v) is 16.9. The molecule has 2 N–H and O–H groups in total. The summed E-state index contributed by atoms with van der Waals surface area (Å²) in [6.45, 7) is 0.288. The molecule has 0 bridgehead atoms. The van der Waals surface area contributed by atoms with Gasteiger partial charge in [0.2, 0.25) is 5.91 Å². The number of carboxylic acid groups (broad SMARTS) is 1. The Hall–Kier alpha value is -3.68. The summed E-state index contributed by atoms with van der Waals surface area (Å²) in [7, 11) is 0. The number of hydrogen-bond donors (Lipinski definition) is 2. The van der Waals surface area contributed by atoms with Crippen LogP contribution in [-0.4, -0.2) is 57.3 Å². The lowest BCUT2D eigenvalue weighted by Crippen LogP contribution is -2.44. The molecule has 2 aromatic carbocycles. The van der Waals surface area contributed by atoms with Crippen molar-refractivity contribution in [2.45, 2.75) is 37.9 Å². The van der Waals surface area contributed by atoms with E-state index in [-0.39, 0.29) is 25.3 Å². The van der Waals surface area contributed by atoms with E-state index in [0.29, 0.717) is 13.0 Å². The number of nitrogens with zero attached hydrogens (tertiary/aromatic N) is 2. The minimum absolute atomic E-state index is 0.0788. The van der Waals surface area contributed by atoms with Crippen LogP contribution < -0.4 is 5.32 Å². The number of fused-ring (bicyclic) bond motifs is 2. The van der Waals surface area contributed by atoms with Crippen molar-refractivity contribution in [3.63, 3.8) is 0 Å². The summed E-state index contributed by atoms with van der Waals surface area (Å²) >= 11 is 0. The van der Waals surface area contributed by atoms with Crippen LogP contribution in [0.3, 0.4) is 0 Å². The topological polar surface area (TPSA) is 107 Å². The summed E-state index contributed by atoms with van der Waals surface area (Å²) in [6.07, 6.45) is 0.461. The number of carbonyl (C=O) groups excluding carboxylic acids is 3. The molecule has 0 unspecified atom stereocenters. The smallest absolute Gasteiger partial charge is 0.327 e. The fourth-order valence-corrected chi connectivity index (χ4v) is 4.11. The van der Waals surface area contributed by atoms with Crippen molar-refractivity contribution >= 4 is 23.8 Å². The average Bonchev–Trinajstić information content (AvgIpc) is 3.00. The molecule has 8 heteroatoms. The van der Waals surface area contributed by atoms with Gasteiger partial charge in [0, 0.05) is 32.4 Å². The minimum atomic E-state index is -1.14. The molecule has 2 aliphatic rings. The molecular formula is C23H23N3O5. The number of urea groups is 1. The third-order valence-electron chi connectivity index (χ3n) is 5.75. The lowest BCUT2D eigenvalue weighted by atomic mass is 9.95. The maximum atomic E-state index is 12.8. The Morgan fingerprint density at radius 2 is 1.71 bits per heavy atom. The summed E-state index contributed by atoms with van der Waals surface area (Å²) < 4.78 is 0. The van der Waals surface area contributed by atoms with Crippen molar-refractivity contribution < 1.29 is 24.3 Å². The molecule has 2 atom stereocenters. The number of carboxylic acids is 1. The third-order valence-corrected chi connectivity index (χ3v) is 5.75. The summed E-state index contributed by atoms with van der Waals surface area (Å²) in [5.74, 6) is -1.97. The molecule has 4 rings (SSSR count). The van der Waals surface area contributed by atoms with Crippen LogP contribution in [0.1, 0.15) is 23.1 Å². The van der Waals surface area contributed by atoms with Gasteiger partial charge in [0.15, 0.2) is 0 Å². The van der Waals surface area contributed by atoms with Crippen molar-refractivity contribution in [3.05, 3.63) is 71.3 Å². The molecular weight excluding hydrogens is 398 g/mol. The van der Waals surface area contributed by atoms with Gasteiger partial charge in [-0.15, -0.1) is 0 Å². The predicted molar refractivity (Wildman–Crippen MR) is 111 cm³/mol. The second-order valence-corrected chi connectivity index (χ2v) is 7.79. The summed E-state index contributed by atoms with van der Waals surface area (Å²) in [5.41, 5.74) is 2.86. The normalized spacial score (nSPS) is 18.4. The SMILES string of the molecule is O=C(CCN1C(=O)[C@H]2Cc3ccccc3CN2C1=O)N[C@@H](Cc1ccccc1)C(=O)O. The number of hydrogen-bond acceptors (Lipinski definition) is 4.